The Morgan fingerprint density at radius 1 is 1.12 bits per heavy atom. The summed E-state index contributed by atoms with van der Waals surface area (Å²) in [5.74, 6) is 0.468. The molecule has 0 aromatic heterocycles. The van der Waals surface area contributed by atoms with Gasteiger partial charge in [-0.2, -0.15) is 0 Å². The van der Waals surface area contributed by atoms with E-state index in [2.05, 4.69) is 19.9 Å². The van der Waals surface area contributed by atoms with Gasteiger partial charge in [-0.3, -0.25) is 0 Å². The molecule has 0 atom stereocenters. The van der Waals surface area contributed by atoms with E-state index in [1.165, 1.54) is 24.8 Å². The van der Waals surface area contributed by atoms with Crippen molar-refractivity contribution < 1.29 is 5.11 Å². The van der Waals surface area contributed by atoms with Gasteiger partial charge in [-0.1, -0.05) is 26.7 Å². The van der Waals surface area contributed by atoms with Crippen molar-refractivity contribution in [3.8, 4) is 5.75 Å². The number of hydrogen-bond donors (Lipinski definition) is 1. The Morgan fingerprint density at radius 2 is 1.75 bits per heavy atom. The molecule has 0 heterocycles. The molecule has 0 bridgehead atoms. The van der Waals surface area contributed by atoms with Crippen molar-refractivity contribution in [2.45, 2.75) is 59.3 Å². The predicted molar refractivity (Wildman–Crippen MR) is 68.9 cm³/mol. The maximum atomic E-state index is 9.98. The second kappa shape index (κ2) is 6.57. The molecule has 1 aromatic carbocycles. The summed E-state index contributed by atoms with van der Waals surface area (Å²) in [6.45, 7) is 6.38. The van der Waals surface area contributed by atoms with E-state index in [0.29, 0.717) is 5.75 Å². The molecule has 1 rings (SSSR count). The Bertz CT molecular complexity index is 328. The Morgan fingerprint density at radius 3 is 2.38 bits per heavy atom. The van der Waals surface area contributed by atoms with Crippen LogP contribution in [0, 0.1) is 13.0 Å². The fourth-order valence-electron chi connectivity index (χ4n) is 2.00. The standard InChI is InChI=1S/C15H23O/c1-4-6-8-13-10-12(3)11-15(16)14(13)9-7-5-2/h11,16H,4-9H2,1-3H3. The van der Waals surface area contributed by atoms with E-state index in [4.69, 9.17) is 0 Å². The summed E-state index contributed by atoms with van der Waals surface area (Å²) in [6, 6.07) is 5.23. The number of hydrogen-bond acceptors (Lipinski definition) is 1. The maximum absolute atomic E-state index is 9.98. The minimum absolute atomic E-state index is 0.468. The fourth-order valence-corrected chi connectivity index (χ4v) is 2.00. The summed E-state index contributed by atoms with van der Waals surface area (Å²) < 4.78 is 0. The first-order valence-corrected chi connectivity index (χ1v) is 6.42. The SMILES string of the molecule is CCCCc1[c]c(C)cc(O)c1CCCC. The van der Waals surface area contributed by atoms with Gasteiger partial charge < -0.3 is 5.11 Å². The largest absolute Gasteiger partial charge is 0.508 e. The lowest BCUT2D eigenvalue weighted by Gasteiger charge is -2.12. The Balaban J connectivity index is 2.91. The molecule has 1 nitrogen and oxygen atoms in total. The summed E-state index contributed by atoms with van der Waals surface area (Å²) in [7, 11) is 0. The van der Waals surface area contributed by atoms with Crippen LogP contribution in [0.3, 0.4) is 0 Å². The first-order valence-electron chi connectivity index (χ1n) is 6.42. The highest BCUT2D eigenvalue weighted by Gasteiger charge is 2.08. The van der Waals surface area contributed by atoms with E-state index in [1.807, 2.05) is 13.0 Å². The van der Waals surface area contributed by atoms with Crippen molar-refractivity contribution >= 4 is 0 Å². The lowest BCUT2D eigenvalue weighted by atomic mass is 9.95. The maximum Gasteiger partial charge on any atom is 0.119 e. The van der Waals surface area contributed by atoms with Crippen LogP contribution in [0.2, 0.25) is 0 Å². The summed E-state index contributed by atoms with van der Waals surface area (Å²) >= 11 is 0. The highest BCUT2D eigenvalue weighted by atomic mass is 16.3. The monoisotopic (exact) mass is 219 g/mol. The first kappa shape index (κ1) is 13.1. The van der Waals surface area contributed by atoms with Crippen molar-refractivity contribution in [1.29, 1.82) is 0 Å². The van der Waals surface area contributed by atoms with Crippen molar-refractivity contribution in [1.82, 2.24) is 0 Å². The molecular formula is C15H23O. The Kier molecular flexibility index (Phi) is 5.37. The van der Waals surface area contributed by atoms with Crippen molar-refractivity contribution in [3.63, 3.8) is 0 Å². The fraction of sp³-hybridized carbons (Fsp3) is 0.600. The molecule has 1 N–H and O–H groups in total. The van der Waals surface area contributed by atoms with Crippen LogP contribution >= 0.6 is 0 Å². The molecule has 1 heteroatoms. The average molecular weight is 219 g/mol. The van der Waals surface area contributed by atoms with Crippen LogP contribution in [0.5, 0.6) is 5.75 Å². The second-order valence-corrected chi connectivity index (χ2v) is 4.50. The van der Waals surface area contributed by atoms with Gasteiger partial charge in [0.15, 0.2) is 0 Å². The number of phenols is 1. The number of benzene rings is 1. The van der Waals surface area contributed by atoms with Crippen LogP contribution in [0.15, 0.2) is 6.07 Å². The van der Waals surface area contributed by atoms with E-state index in [9.17, 15) is 5.11 Å². The lowest BCUT2D eigenvalue weighted by molar-refractivity contribution is 0.465. The van der Waals surface area contributed by atoms with E-state index in [1.54, 1.807) is 0 Å². The van der Waals surface area contributed by atoms with Crippen LogP contribution in [-0.2, 0) is 12.8 Å². The normalized spacial score (nSPS) is 10.7. The van der Waals surface area contributed by atoms with E-state index >= 15 is 0 Å². The smallest absolute Gasteiger partial charge is 0.119 e. The van der Waals surface area contributed by atoms with Gasteiger partial charge in [-0.25, -0.2) is 0 Å². The minimum atomic E-state index is 0.468. The zero-order valence-electron chi connectivity index (χ0n) is 10.8. The zero-order valence-corrected chi connectivity index (χ0v) is 10.8. The van der Waals surface area contributed by atoms with Gasteiger partial charge in [0, 0.05) is 0 Å². The van der Waals surface area contributed by atoms with E-state index < -0.39 is 0 Å². The topological polar surface area (TPSA) is 20.2 Å². The summed E-state index contributed by atoms with van der Waals surface area (Å²) in [6.07, 6.45) is 6.71. The molecule has 0 spiro atoms. The third-order valence-electron chi connectivity index (χ3n) is 2.94. The first-order chi connectivity index (χ1) is 7.69. The van der Waals surface area contributed by atoms with Crippen molar-refractivity contribution in [2.24, 2.45) is 0 Å². The Hall–Kier alpha value is -0.980. The number of rotatable bonds is 6. The molecule has 0 saturated heterocycles. The van der Waals surface area contributed by atoms with Gasteiger partial charge >= 0.3 is 0 Å². The molecule has 1 radical (unpaired) electrons. The molecule has 16 heavy (non-hydrogen) atoms. The highest BCUT2D eigenvalue weighted by Crippen LogP contribution is 2.26. The van der Waals surface area contributed by atoms with E-state index in [0.717, 1.165) is 30.4 Å². The van der Waals surface area contributed by atoms with Crippen molar-refractivity contribution in [2.75, 3.05) is 0 Å². The van der Waals surface area contributed by atoms with Crippen LogP contribution in [-0.4, -0.2) is 5.11 Å². The van der Waals surface area contributed by atoms with Gasteiger partial charge in [0.1, 0.15) is 5.75 Å². The number of aromatic hydroxyl groups is 1. The van der Waals surface area contributed by atoms with Gasteiger partial charge in [-0.05, 0) is 61.4 Å². The van der Waals surface area contributed by atoms with Crippen LogP contribution in [0.25, 0.3) is 0 Å². The average Bonchev–Trinajstić information content (AvgIpc) is 2.24. The van der Waals surface area contributed by atoms with Gasteiger partial charge in [0.25, 0.3) is 0 Å². The van der Waals surface area contributed by atoms with Gasteiger partial charge in [-0.15, -0.1) is 0 Å². The van der Waals surface area contributed by atoms with Crippen LogP contribution in [0.4, 0.5) is 0 Å². The highest BCUT2D eigenvalue weighted by molar-refractivity contribution is 5.42. The molecule has 0 aliphatic heterocycles. The number of unbranched alkanes of at least 4 members (excludes halogenated alkanes) is 2. The van der Waals surface area contributed by atoms with Crippen LogP contribution < -0.4 is 0 Å². The van der Waals surface area contributed by atoms with Crippen LogP contribution in [0.1, 0.15) is 56.2 Å². The third-order valence-corrected chi connectivity index (χ3v) is 2.94. The summed E-state index contributed by atoms with van der Waals surface area (Å²) in [5, 5.41) is 9.98. The molecule has 1 aromatic rings. The van der Waals surface area contributed by atoms with Gasteiger partial charge in [0.2, 0.25) is 0 Å². The molecule has 0 aliphatic carbocycles. The number of aryl methyl sites for hydroxylation is 2. The lowest BCUT2D eigenvalue weighted by Crippen LogP contribution is -1.97. The van der Waals surface area contributed by atoms with E-state index in [-0.39, 0.29) is 0 Å². The predicted octanol–water partition coefficient (Wildman–Crippen LogP) is 4.19. The van der Waals surface area contributed by atoms with Crippen molar-refractivity contribution in [3.05, 3.63) is 28.8 Å². The zero-order chi connectivity index (χ0) is 12.0. The molecule has 89 valence electrons. The molecule has 0 fully saturated rings. The molecule has 0 aliphatic rings. The molecule has 0 amide bonds. The third kappa shape index (κ3) is 3.55. The quantitative estimate of drug-likeness (QED) is 0.760. The summed E-state index contributed by atoms with van der Waals surface area (Å²) in [5.41, 5.74) is 3.40. The minimum Gasteiger partial charge on any atom is -0.508 e. The Labute approximate surface area is 99.5 Å². The molecule has 0 saturated carbocycles. The number of phenolic OH excluding ortho intramolecular Hbond substituents is 1. The van der Waals surface area contributed by atoms with Gasteiger partial charge in [0.05, 0.1) is 0 Å². The summed E-state index contributed by atoms with van der Waals surface area (Å²) in [4.78, 5) is 0. The molecular weight excluding hydrogens is 196 g/mol. The second-order valence-electron chi connectivity index (χ2n) is 4.50. The molecule has 0 unspecified atom stereocenters.